The van der Waals surface area contributed by atoms with Gasteiger partial charge in [-0.25, -0.2) is 0 Å². The summed E-state index contributed by atoms with van der Waals surface area (Å²) in [6, 6.07) is 0.462. The highest BCUT2D eigenvalue weighted by Crippen LogP contribution is 2.16. The minimum atomic E-state index is 0.462. The second kappa shape index (κ2) is 4.66. The summed E-state index contributed by atoms with van der Waals surface area (Å²) in [5.41, 5.74) is 1.13. The zero-order chi connectivity index (χ0) is 9.84. The normalized spacial score (nSPS) is 28.9. The minimum absolute atomic E-state index is 0.462. The van der Waals surface area contributed by atoms with Crippen LogP contribution in [0.1, 0.15) is 27.2 Å². The van der Waals surface area contributed by atoms with Crippen molar-refractivity contribution in [1.29, 1.82) is 0 Å². The van der Waals surface area contributed by atoms with E-state index in [0.29, 0.717) is 17.9 Å². The van der Waals surface area contributed by atoms with Gasteiger partial charge < -0.3 is 10.1 Å². The monoisotopic (exact) mass is 183 g/mol. The van der Waals surface area contributed by atoms with E-state index in [0.717, 1.165) is 25.3 Å². The van der Waals surface area contributed by atoms with Crippen molar-refractivity contribution >= 4 is 0 Å². The molecule has 0 spiro atoms. The summed E-state index contributed by atoms with van der Waals surface area (Å²) in [5.74, 6) is 1.21. The fourth-order valence-corrected chi connectivity index (χ4v) is 1.43. The highest BCUT2D eigenvalue weighted by Gasteiger charge is 2.22. The molecule has 1 aliphatic rings. The molecule has 0 saturated carbocycles. The number of hydrogen-bond donors (Lipinski definition) is 1. The van der Waals surface area contributed by atoms with Crippen LogP contribution in [0.4, 0.5) is 0 Å². The Labute approximate surface area is 81.4 Å². The fourth-order valence-electron chi connectivity index (χ4n) is 1.43. The van der Waals surface area contributed by atoms with Crippen LogP contribution in [-0.4, -0.2) is 19.3 Å². The maximum atomic E-state index is 5.43. The van der Waals surface area contributed by atoms with Crippen molar-refractivity contribution in [2.75, 3.05) is 13.2 Å². The largest absolute Gasteiger partial charge is 0.383 e. The van der Waals surface area contributed by atoms with Crippen LogP contribution in [0, 0.1) is 11.8 Å². The molecule has 1 saturated heterocycles. The van der Waals surface area contributed by atoms with Crippen LogP contribution >= 0.6 is 0 Å². The summed E-state index contributed by atoms with van der Waals surface area (Å²) in [5, 5.41) is 3.45. The Morgan fingerprint density at radius 1 is 1.54 bits per heavy atom. The van der Waals surface area contributed by atoms with E-state index >= 15 is 0 Å². The molecule has 0 aromatic heterocycles. The minimum Gasteiger partial charge on any atom is -0.383 e. The SMILES string of the molecule is C=C(NC1COCCC1C)C(C)C. The maximum absolute atomic E-state index is 5.43. The lowest BCUT2D eigenvalue weighted by atomic mass is 9.96. The van der Waals surface area contributed by atoms with Crippen molar-refractivity contribution in [3.63, 3.8) is 0 Å². The van der Waals surface area contributed by atoms with Gasteiger partial charge in [0.1, 0.15) is 0 Å². The van der Waals surface area contributed by atoms with Crippen molar-refractivity contribution < 1.29 is 4.74 Å². The molecule has 0 bridgehead atoms. The smallest absolute Gasteiger partial charge is 0.0670 e. The Kier molecular flexibility index (Phi) is 3.79. The Morgan fingerprint density at radius 3 is 2.77 bits per heavy atom. The summed E-state index contributed by atoms with van der Waals surface area (Å²) < 4.78 is 5.43. The molecule has 1 heterocycles. The standard InChI is InChI=1S/C11H21NO/c1-8(2)10(4)12-11-7-13-6-5-9(11)3/h8-9,11-12H,4-7H2,1-3H3. The van der Waals surface area contributed by atoms with E-state index < -0.39 is 0 Å². The van der Waals surface area contributed by atoms with E-state index in [4.69, 9.17) is 4.74 Å². The molecular formula is C11H21NO. The molecule has 2 unspecified atom stereocenters. The Hall–Kier alpha value is -0.500. The summed E-state index contributed by atoms with van der Waals surface area (Å²) in [4.78, 5) is 0. The molecule has 2 atom stereocenters. The van der Waals surface area contributed by atoms with Gasteiger partial charge in [0.25, 0.3) is 0 Å². The van der Waals surface area contributed by atoms with Crippen LogP contribution in [0.5, 0.6) is 0 Å². The van der Waals surface area contributed by atoms with Gasteiger partial charge in [-0.2, -0.15) is 0 Å². The first-order valence-electron chi connectivity index (χ1n) is 5.14. The predicted octanol–water partition coefficient (Wildman–Crippen LogP) is 2.17. The second-order valence-corrected chi connectivity index (χ2v) is 4.27. The number of nitrogens with one attached hydrogen (secondary N) is 1. The molecular weight excluding hydrogens is 162 g/mol. The third-order valence-corrected chi connectivity index (χ3v) is 2.77. The van der Waals surface area contributed by atoms with Crippen LogP contribution in [0.2, 0.25) is 0 Å². The molecule has 76 valence electrons. The number of hydrogen-bond acceptors (Lipinski definition) is 2. The van der Waals surface area contributed by atoms with Gasteiger partial charge in [-0.05, 0) is 18.3 Å². The second-order valence-electron chi connectivity index (χ2n) is 4.27. The summed E-state index contributed by atoms with van der Waals surface area (Å²) in [6.45, 7) is 12.3. The maximum Gasteiger partial charge on any atom is 0.0670 e. The molecule has 0 aromatic rings. The van der Waals surface area contributed by atoms with E-state index in [2.05, 4.69) is 32.7 Å². The van der Waals surface area contributed by atoms with Crippen molar-refractivity contribution in [1.82, 2.24) is 5.32 Å². The van der Waals surface area contributed by atoms with Crippen molar-refractivity contribution in [3.8, 4) is 0 Å². The topological polar surface area (TPSA) is 21.3 Å². The van der Waals surface area contributed by atoms with E-state index in [1.807, 2.05) is 0 Å². The average Bonchev–Trinajstić information content (AvgIpc) is 2.08. The molecule has 0 amide bonds. The highest BCUT2D eigenvalue weighted by molar-refractivity contribution is 4.98. The van der Waals surface area contributed by atoms with Gasteiger partial charge in [-0.3, -0.25) is 0 Å². The quantitative estimate of drug-likeness (QED) is 0.724. The van der Waals surface area contributed by atoms with E-state index in [-0.39, 0.29) is 0 Å². The van der Waals surface area contributed by atoms with Gasteiger partial charge in [-0.15, -0.1) is 0 Å². The molecule has 1 fully saturated rings. The molecule has 2 nitrogen and oxygen atoms in total. The van der Waals surface area contributed by atoms with E-state index in [1.165, 1.54) is 0 Å². The van der Waals surface area contributed by atoms with E-state index in [1.54, 1.807) is 0 Å². The highest BCUT2D eigenvalue weighted by atomic mass is 16.5. The Bertz CT molecular complexity index is 177. The van der Waals surface area contributed by atoms with Crippen LogP contribution < -0.4 is 5.32 Å². The van der Waals surface area contributed by atoms with Crippen LogP contribution in [0.25, 0.3) is 0 Å². The zero-order valence-electron chi connectivity index (χ0n) is 8.97. The van der Waals surface area contributed by atoms with Gasteiger partial charge in [0.2, 0.25) is 0 Å². The van der Waals surface area contributed by atoms with Gasteiger partial charge in [0, 0.05) is 12.3 Å². The first-order valence-corrected chi connectivity index (χ1v) is 5.14. The van der Waals surface area contributed by atoms with Gasteiger partial charge in [-0.1, -0.05) is 27.4 Å². The van der Waals surface area contributed by atoms with Gasteiger partial charge in [0.05, 0.1) is 12.6 Å². The number of ether oxygens (including phenoxy) is 1. The molecule has 0 aliphatic carbocycles. The summed E-state index contributed by atoms with van der Waals surface area (Å²) in [7, 11) is 0. The lowest BCUT2D eigenvalue weighted by molar-refractivity contribution is 0.0442. The van der Waals surface area contributed by atoms with Crippen LogP contribution in [0.3, 0.4) is 0 Å². The van der Waals surface area contributed by atoms with Gasteiger partial charge >= 0.3 is 0 Å². The van der Waals surface area contributed by atoms with E-state index in [9.17, 15) is 0 Å². The molecule has 13 heavy (non-hydrogen) atoms. The summed E-state index contributed by atoms with van der Waals surface area (Å²) >= 11 is 0. The third-order valence-electron chi connectivity index (χ3n) is 2.77. The lowest BCUT2D eigenvalue weighted by Gasteiger charge is -2.31. The molecule has 1 rings (SSSR count). The zero-order valence-corrected chi connectivity index (χ0v) is 8.97. The third kappa shape index (κ3) is 3.03. The fraction of sp³-hybridized carbons (Fsp3) is 0.818. The lowest BCUT2D eigenvalue weighted by Crippen LogP contribution is -2.42. The molecule has 2 heteroatoms. The molecule has 0 aromatic carbocycles. The van der Waals surface area contributed by atoms with Crippen molar-refractivity contribution in [2.45, 2.75) is 33.2 Å². The molecule has 1 N–H and O–H groups in total. The first kappa shape index (κ1) is 10.6. The molecule has 0 radical (unpaired) electrons. The van der Waals surface area contributed by atoms with Crippen molar-refractivity contribution in [3.05, 3.63) is 12.3 Å². The van der Waals surface area contributed by atoms with Crippen LogP contribution in [0.15, 0.2) is 12.3 Å². The molecule has 1 aliphatic heterocycles. The summed E-state index contributed by atoms with van der Waals surface area (Å²) in [6.07, 6.45) is 1.16. The van der Waals surface area contributed by atoms with Gasteiger partial charge in [0.15, 0.2) is 0 Å². The number of allylic oxidation sites excluding steroid dienone is 1. The number of rotatable bonds is 3. The van der Waals surface area contributed by atoms with Crippen LogP contribution in [-0.2, 0) is 4.74 Å². The Morgan fingerprint density at radius 2 is 2.23 bits per heavy atom. The first-order chi connectivity index (χ1) is 6.11. The average molecular weight is 183 g/mol. The Balaban J connectivity index is 2.38. The predicted molar refractivity (Wildman–Crippen MR) is 55.5 cm³/mol. The van der Waals surface area contributed by atoms with Crippen molar-refractivity contribution in [2.24, 2.45) is 11.8 Å².